The lowest BCUT2D eigenvalue weighted by molar-refractivity contribution is -0.138. The van der Waals surface area contributed by atoms with Crippen molar-refractivity contribution in [1.82, 2.24) is 4.57 Å². The van der Waals surface area contributed by atoms with Gasteiger partial charge in [-0.1, -0.05) is 65.4 Å². The van der Waals surface area contributed by atoms with Crippen LogP contribution in [0.25, 0.3) is 11.8 Å². The minimum Gasteiger partial charge on any atom is -0.497 e. The molecule has 3 aromatic carbocycles. The standard InChI is InChI=1S/C31H27ClN2O5S/c1-4-38-24-15-14-22(32)16-21(24)18-25-29(35)34-28(20-12-9-13-23(17-20)37-3)26(30(36)39-5-2)27(33-31(34)40-25)19-10-7-6-8-11-19/h6-18,28H,4-5H2,1-3H3/b25-18-/t28-/m0/s1. The predicted molar refractivity (Wildman–Crippen MR) is 157 cm³/mol. The second-order valence-corrected chi connectivity index (χ2v) is 10.3. The number of benzene rings is 3. The molecule has 0 spiro atoms. The van der Waals surface area contributed by atoms with Crippen LogP contribution in [0.15, 0.2) is 88.2 Å². The molecule has 7 nitrogen and oxygen atoms in total. The Hall–Kier alpha value is -4.14. The molecule has 40 heavy (non-hydrogen) atoms. The topological polar surface area (TPSA) is 79.1 Å². The first-order valence-electron chi connectivity index (χ1n) is 12.8. The van der Waals surface area contributed by atoms with Gasteiger partial charge in [-0.25, -0.2) is 9.79 Å². The second kappa shape index (κ2) is 11.9. The quantitative estimate of drug-likeness (QED) is 0.277. The Morgan fingerprint density at radius 1 is 1.05 bits per heavy atom. The lowest BCUT2D eigenvalue weighted by Gasteiger charge is -2.26. The largest absolute Gasteiger partial charge is 0.497 e. The van der Waals surface area contributed by atoms with Gasteiger partial charge >= 0.3 is 5.97 Å². The van der Waals surface area contributed by atoms with Gasteiger partial charge in [0.1, 0.15) is 11.5 Å². The molecule has 0 fully saturated rings. The van der Waals surface area contributed by atoms with Crippen molar-refractivity contribution < 1.29 is 19.0 Å². The number of hydrogen-bond acceptors (Lipinski definition) is 7. The summed E-state index contributed by atoms with van der Waals surface area (Å²) in [5.74, 6) is 0.668. The first-order valence-corrected chi connectivity index (χ1v) is 14.0. The number of carbonyl (C=O) groups excluding carboxylic acids is 1. The van der Waals surface area contributed by atoms with E-state index in [1.54, 1.807) is 42.9 Å². The molecule has 4 aromatic rings. The third kappa shape index (κ3) is 5.33. The number of fused-ring (bicyclic) bond motifs is 1. The lowest BCUT2D eigenvalue weighted by atomic mass is 9.93. The summed E-state index contributed by atoms with van der Waals surface area (Å²) in [7, 11) is 1.57. The maximum Gasteiger partial charge on any atom is 0.338 e. The van der Waals surface area contributed by atoms with Crippen molar-refractivity contribution in [2.75, 3.05) is 20.3 Å². The third-order valence-corrected chi connectivity index (χ3v) is 7.56. The number of esters is 1. The smallest absolute Gasteiger partial charge is 0.338 e. The second-order valence-electron chi connectivity index (χ2n) is 8.82. The number of thiazole rings is 1. The Bertz CT molecular complexity index is 1780. The molecule has 1 aliphatic heterocycles. The van der Waals surface area contributed by atoms with Gasteiger partial charge in [0.25, 0.3) is 5.56 Å². The maximum atomic E-state index is 14.1. The molecule has 0 aliphatic carbocycles. The van der Waals surface area contributed by atoms with Gasteiger partial charge in [-0.15, -0.1) is 0 Å². The van der Waals surface area contributed by atoms with Gasteiger partial charge in [0.05, 0.1) is 42.2 Å². The van der Waals surface area contributed by atoms with Gasteiger partial charge in [-0.3, -0.25) is 9.36 Å². The van der Waals surface area contributed by atoms with E-state index < -0.39 is 12.0 Å². The van der Waals surface area contributed by atoms with Crippen LogP contribution in [0.1, 0.15) is 36.6 Å². The van der Waals surface area contributed by atoms with Crippen molar-refractivity contribution in [1.29, 1.82) is 0 Å². The molecule has 2 heterocycles. The van der Waals surface area contributed by atoms with E-state index in [-0.39, 0.29) is 17.7 Å². The molecule has 0 bridgehead atoms. The van der Waals surface area contributed by atoms with Crippen LogP contribution in [-0.4, -0.2) is 30.9 Å². The number of aromatic nitrogens is 1. The van der Waals surface area contributed by atoms with Gasteiger partial charge in [0, 0.05) is 16.1 Å². The van der Waals surface area contributed by atoms with Gasteiger partial charge in [0.15, 0.2) is 4.80 Å². The minimum atomic E-state index is -0.798. The molecular formula is C31H27ClN2O5S. The van der Waals surface area contributed by atoms with Gasteiger partial charge in [-0.2, -0.15) is 0 Å². The zero-order chi connectivity index (χ0) is 28.2. The summed E-state index contributed by atoms with van der Waals surface area (Å²) in [5, 5.41) is 0.521. The van der Waals surface area contributed by atoms with Crippen molar-refractivity contribution in [2.24, 2.45) is 4.99 Å². The highest BCUT2D eigenvalue weighted by molar-refractivity contribution is 7.07. The first-order chi connectivity index (χ1) is 19.4. The Labute approximate surface area is 240 Å². The van der Waals surface area contributed by atoms with Crippen LogP contribution >= 0.6 is 22.9 Å². The molecule has 204 valence electrons. The van der Waals surface area contributed by atoms with Crippen LogP contribution in [0, 0.1) is 0 Å². The zero-order valence-electron chi connectivity index (χ0n) is 22.2. The van der Waals surface area contributed by atoms with Crippen molar-refractivity contribution in [3.8, 4) is 11.5 Å². The number of rotatable bonds is 8. The van der Waals surface area contributed by atoms with E-state index >= 15 is 0 Å². The number of methoxy groups -OCH3 is 1. The summed E-state index contributed by atoms with van der Waals surface area (Å²) in [6.07, 6.45) is 1.75. The average molecular weight is 575 g/mol. The molecule has 0 saturated heterocycles. The molecule has 9 heteroatoms. The molecule has 0 radical (unpaired) electrons. The lowest BCUT2D eigenvalue weighted by Crippen LogP contribution is -2.40. The van der Waals surface area contributed by atoms with Crippen LogP contribution in [0.2, 0.25) is 5.02 Å². The van der Waals surface area contributed by atoms with Crippen molar-refractivity contribution in [3.05, 3.63) is 120 Å². The maximum absolute atomic E-state index is 14.1. The van der Waals surface area contributed by atoms with Crippen molar-refractivity contribution in [2.45, 2.75) is 19.9 Å². The third-order valence-electron chi connectivity index (χ3n) is 6.34. The van der Waals surface area contributed by atoms with E-state index in [0.717, 1.165) is 5.56 Å². The highest BCUT2D eigenvalue weighted by atomic mass is 35.5. The molecule has 5 rings (SSSR count). The Balaban J connectivity index is 1.83. The highest BCUT2D eigenvalue weighted by Crippen LogP contribution is 2.36. The molecule has 0 saturated carbocycles. The fraction of sp³-hybridized carbons (Fsp3) is 0.194. The highest BCUT2D eigenvalue weighted by Gasteiger charge is 2.35. The summed E-state index contributed by atoms with van der Waals surface area (Å²) in [4.78, 5) is 33.0. The number of nitrogens with zero attached hydrogens (tertiary/aromatic N) is 2. The van der Waals surface area contributed by atoms with E-state index in [4.69, 9.17) is 30.8 Å². The molecule has 0 N–H and O–H groups in total. The summed E-state index contributed by atoms with van der Waals surface area (Å²) in [6.45, 7) is 4.28. The van der Waals surface area contributed by atoms with Crippen molar-refractivity contribution >= 4 is 40.7 Å². The molecule has 1 aromatic heterocycles. The number of carbonyl (C=O) groups is 1. The first kappa shape index (κ1) is 27.4. The van der Waals surface area contributed by atoms with E-state index in [9.17, 15) is 9.59 Å². The van der Waals surface area contributed by atoms with Crippen LogP contribution in [-0.2, 0) is 9.53 Å². The monoisotopic (exact) mass is 574 g/mol. The van der Waals surface area contributed by atoms with E-state index in [1.807, 2.05) is 61.5 Å². The summed E-state index contributed by atoms with van der Waals surface area (Å²) >= 11 is 7.52. The molecule has 1 aliphatic rings. The van der Waals surface area contributed by atoms with Crippen LogP contribution in [0.5, 0.6) is 11.5 Å². The summed E-state index contributed by atoms with van der Waals surface area (Å²) in [5.41, 5.74) is 2.54. The molecule has 0 amide bonds. The van der Waals surface area contributed by atoms with E-state index in [1.165, 1.54) is 11.3 Å². The molecular weight excluding hydrogens is 548 g/mol. The van der Waals surface area contributed by atoms with Crippen molar-refractivity contribution in [3.63, 3.8) is 0 Å². The summed E-state index contributed by atoms with van der Waals surface area (Å²) in [6, 6.07) is 21.2. The van der Waals surface area contributed by atoms with Gasteiger partial charge in [0.2, 0.25) is 0 Å². The zero-order valence-corrected chi connectivity index (χ0v) is 23.8. The van der Waals surface area contributed by atoms with E-state index in [0.29, 0.717) is 49.3 Å². The minimum absolute atomic E-state index is 0.175. The average Bonchev–Trinajstić information content (AvgIpc) is 3.28. The predicted octanol–water partition coefficient (Wildman–Crippen LogP) is 5.00. The SMILES string of the molecule is CCOC(=O)C1=C(c2ccccc2)N=c2s/c(=C\c3cc(Cl)ccc3OCC)c(=O)n2[C@H]1c1cccc(OC)c1. The Morgan fingerprint density at radius 3 is 2.58 bits per heavy atom. The fourth-order valence-electron chi connectivity index (χ4n) is 4.63. The Kier molecular flexibility index (Phi) is 8.19. The van der Waals surface area contributed by atoms with Crippen LogP contribution in [0.3, 0.4) is 0 Å². The summed E-state index contributed by atoms with van der Waals surface area (Å²) < 4.78 is 18.7. The number of hydrogen-bond donors (Lipinski definition) is 0. The van der Waals surface area contributed by atoms with Crippen LogP contribution in [0.4, 0.5) is 0 Å². The normalized spacial score (nSPS) is 14.9. The Morgan fingerprint density at radius 2 is 1.85 bits per heavy atom. The van der Waals surface area contributed by atoms with Gasteiger partial charge in [-0.05, 0) is 55.8 Å². The number of ether oxygens (including phenoxy) is 3. The number of halogens is 1. The fourth-order valence-corrected chi connectivity index (χ4v) is 5.80. The molecule has 0 unspecified atom stereocenters. The van der Waals surface area contributed by atoms with Gasteiger partial charge < -0.3 is 14.2 Å². The van der Waals surface area contributed by atoms with E-state index in [2.05, 4.69) is 0 Å². The molecule has 1 atom stereocenters. The van der Waals surface area contributed by atoms with Crippen LogP contribution < -0.4 is 24.4 Å².